The molecule has 48 heavy (non-hydrogen) atoms. The van der Waals surface area contributed by atoms with Crippen LogP contribution in [0, 0.1) is 22.7 Å². The molecule has 9 aromatic rings. The van der Waals surface area contributed by atoms with Crippen LogP contribution >= 0.6 is 0 Å². The van der Waals surface area contributed by atoms with Crippen LogP contribution in [0.2, 0.25) is 0 Å². The largest absolute Gasteiger partial charge is 0.309 e. The first-order chi connectivity index (χ1) is 23.7. The molecular formula is C44H26N4. The van der Waals surface area contributed by atoms with E-state index in [0.29, 0.717) is 11.1 Å². The quantitative estimate of drug-likeness (QED) is 0.199. The van der Waals surface area contributed by atoms with Crippen LogP contribution in [0.15, 0.2) is 158 Å². The lowest BCUT2D eigenvalue weighted by molar-refractivity contribution is 1.18. The van der Waals surface area contributed by atoms with Crippen LogP contribution in [0.4, 0.5) is 0 Å². The summed E-state index contributed by atoms with van der Waals surface area (Å²) in [6.45, 7) is 0. The van der Waals surface area contributed by atoms with Crippen molar-refractivity contribution in [2.45, 2.75) is 0 Å². The van der Waals surface area contributed by atoms with Crippen LogP contribution in [0.3, 0.4) is 0 Å². The first-order valence-corrected chi connectivity index (χ1v) is 15.9. The van der Waals surface area contributed by atoms with Gasteiger partial charge in [0.25, 0.3) is 0 Å². The van der Waals surface area contributed by atoms with Crippen LogP contribution in [0.1, 0.15) is 11.1 Å². The van der Waals surface area contributed by atoms with E-state index in [-0.39, 0.29) is 0 Å². The van der Waals surface area contributed by atoms with E-state index < -0.39 is 0 Å². The van der Waals surface area contributed by atoms with Crippen molar-refractivity contribution < 1.29 is 0 Å². The summed E-state index contributed by atoms with van der Waals surface area (Å²) in [7, 11) is 0. The fourth-order valence-corrected chi connectivity index (χ4v) is 7.18. The zero-order chi connectivity index (χ0) is 32.2. The van der Waals surface area contributed by atoms with Gasteiger partial charge in [-0.05, 0) is 77.4 Å². The van der Waals surface area contributed by atoms with Crippen molar-refractivity contribution in [3.8, 4) is 45.8 Å². The topological polar surface area (TPSA) is 57.4 Å². The Morgan fingerprint density at radius 1 is 0.375 bits per heavy atom. The van der Waals surface area contributed by atoms with E-state index >= 15 is 0 Å². The fourth-order valence-electron chi connectivity index (χ4n) is 7.18. The number of nitrogens with zero attached hydrogens (tertiary/aromatic N) is 4. The van der Waals surface area contributed by atoms with E-state index in [2.05, 4.69) is 143 Å². The third kappa shape index (κ3) is 4.22. The van der Waals surface area contributed by atoms with E-state index in [0.717, 1.165) is 66.5 Å². The third-order valence-electron chi connectivity index (χ3n) is 9.40. The Hall–Kier alpha value is -6.88. The van der Waals surface area contributed by atoms with E-state index in [9.17, 15) is 10.5 Å². The molecule has 0 unspecified atom stereocenters. The van der Waals surface area contributed by atoms with Gasteiger partial charge in [-0.15, -0.1) is 0 Å². The molecule has 0 radical (unpaired) electrons. The molecule has 0 amide bonds. The van der Waals surface area contributed by atoms with Gasteiger partial charge in [0.1, 0.15) is 0 Å². The summed E-state index contributed by atoms with van der Waals surface area (Å²) in [4.78, 5) is 0. The molecule has 0 N–H and O–H groups in total. The third-order valence-corrected chi connectivity index (χ3v) is 9.40. The first-order valence-electron chi connectivity index (χ1n) is 15.9. The Kier molecular flexibility index (Phi) is 6.22. The minimum atomic E-state index is 0.626. The molecule has 0 aliphatic heterocycles. The monoisotopic (exact) mass is 610 g/mol. The maximum absolute atomic E-state index is 9.84. The molecule has 0 saturated heterocycles. The molecular weight excluding hydrogens is 585 g/mol. The highest BCUT2D eigenvalue weighted by Gasteiger charge is 2.17. The minimum Gasteiger partial charge on any atom is -0.309 e. The van der Waals surface area contributed by atoms with Gasteiger partial charge in [0, 0.05) is 32.8 Å². The van der Waals surface area contributed by atoms with Crippen molar-refractivity contribution >= 4 is 43.6 Å². The van der Waals surface area contributed by atoms with Crippen LogP contribution in [-0.2, 0) is 0 Å². The summed E-state index contributed by atoms with van der Waals surface area (Å²) in [6.07, 6.45) is 0. The molecule has 0 bridgehead atoms. The Morgan fingerprint density at radius 2 is 0.833 bits per heavy atom. The Morgan fingerprint density at radius 3 is 1.44 bits per heavy atom. The second-order valence-corrected chi connectivity index (χ2v) is 12.0. The van der Waals surface area contributed by atoms with E-state index in [1.165, 1.54) is 10.8 Å². The highest BCUT2D eigenvalue weighted by atomic mass is 15.0. The second-order valence-electron chi connectivity index (χ2n) is 12.0. The van der Waals surface area contributed by atoms with Crippen molar-refractivity contribution in [1.82, 2.24) is 9.13 Å². The maximum Gasteiger partial charge on any atom is 0.0992 e. The van der Waals surface area contributed by atoms with Crippen LogP contribution < -0.4 is 0 Å². The van der Waals surface area contributed by atoms with E-state index in [4.69, 9.17) is 0 Å². The summed E-state index contributed by atoms with van der Waals surface area (Å²) >= 11 is 0. The Bertz CT molecular complexity index is 2730. The van der Waals surface area contributed by atoms with Gasteiger partial charge in [0.05, 0.1) is 51.0 Å². The number of hydrogen-bond acceptors (Lipinski definition) is 2. The number of para-hydroxylation sites is 3. The van der Waals surface area contributed by atoms with Crippen LogP contribution in [0.25, 0.3) is 77.2 Å². The average Bonchev–Trinajstić information content (AvgIpc) is 3.67. The Labute approximate surface area is 277 Å². The SMILES string of the molecule is N#Cc1ccc(-c2ccc(-c3ccc(-n4c5ccccc5c5cc(C#N)ccc54)cc3)cc2)c(-n2c3ccccc3c3ccccc32)c1. The molecule has 9 rings (SSSR count). The zero-order valence-corrected chi connectivity index (χ0v) is 25.8. The molecule has 4 heteroatoms. The molecule has 7 aromatic carbocycles. The molecule has 0 spiro atoms. The molecule has 2 aromatic heterocycles. The molecule has 0 atom stereocenters. The van der Waals surface area contributed by atoms with Gasteiger partial charge in [0.15, 0.2) is 0 Å². The second kappa shape index (κ2) is 10.9. The predicted molar refractivity (Wildman–Crippen MR) is 195 cm³/mol. The lowest BCUT2D eigenvalue weighted by Gasteiger charge is -2.15. The summed E-state index contributed by atoms with van der Waals surface area (Å²) in [5, 5.41) is 23.9. The van der Waals surface area contributed by atoms with Crippen LogP contribution in [0.5, 0.6) is 0 Å². The number of hydrogen-bond donors (Lipinski definition) is 0. The fraction of sp³-hybridized carbons (Fsp3) is 0. The van der Waals surface area contributed by atoms with Gasteiger partial charge < -0.3 is 9.13 Å². The molecule has 0 aliphatic rings. The molecule has 4 nitrogen and oxygen atoms in total. The summed E-state index contributed by atoms with van der Waals surface area (Å²) in [5.74, 6) is 0. The number of benzene rings is 7. The standard InChI is InChI=1S/C44H26N4/c45-27-29-14-24-43-39(25-29)38-9-3-4-10-40(38)47(43)34-21-19-32(20-22-34)31-15-17-33(18-16-31)35-23-13-30(28-46)26-44(35)48-41-11-5-1-7-36(41)37-8-2-6-12-42(37)48/h1-26H. The van der Waals surface area contributed by atoms with Crippen molar-refractivity contribution in [2.75, 3.05) is 0 Å². The molecule has 0 aliphatic carbocycles. The predicted octanol–water partition coefficient (Wildman–Crippen LogP) is 11.0. The lowest BCUT2D eigenvalue weighted by Crippen LogP contribution is -1.98. The van der Waals surface area contributed by atoms with Gasteiger partial charge in [-0.1, -0.05) is 97.1 Å². The Balaban J connectivity index is 1.11. The van der Waals surface area contributed by atoms with Crippen molar-refractivity contribution in [3.63, 3.8) is 0 Å². The highest BCUT2D eigenvalue weighted by molar-refractivity contribution is 6.10. The lowest BCUT2D eigenvalue weighted by atomic mass is 9.98. The number of aromatic nitrogens is 2. The van der Waals surface area contributed by atoms with Gasteiger partial charge in [-0.25, -0.2) is 0 Å². The number of rotatable bonds is 4. The summed E-state index contributed by atoms with van der Waals surface area (Å²) < 4.78 is 4.54. The van der Waals surface area contributed by atoms with Crippen molar-refractivity contribution in [1.29, 1.82) is 10.5 Å². The molecule has 2 heterocycles. The number of fused-ring (bicyclic) bond motifs is 6. The van der Waals surface area contributed by atoms with Gasteiger partial charge >= 0.3 is 0 Å². The van der Waals surface area contributed by atoms with Gasteiger partial charge in [0.2, 0.25) is 0 Å². The van der Waals surface area contributed by atoms with Gasteiger partial charge in [-0.3, -0.25) is 0 Å². The van der Waals surface area contributed by atoms with E-state index in [1.807, 2.05) is 36.4 Å². The number of nitriles is 2. The van der Waals surface area contributed by atoms with Crippen molar-refractivity contribution in [3.05, 3.63) is 169 Å². The normalized spacial score (nSPS) is 11.3. The summed E-state index contributed by atoms with van der Waals surface area (Å²) in [5.41, 5.74) is 12.1. The molecule has 0 saturated carbocycles. The maximum atomic E-state index is 9.84. The highest BCUT2D eigenvalue weighted by Crippen LogP contribution is 2.38. The van der Waals surface area contributed by atoms with E-state index in [1.54, 1.807) is 0 Å². The zero-order valence-electron chi connectivity index (χ0n) is 25.8. The van der Waals surface area contributed by atoms with Crippen LogP contribution in [-0.4, -0.2) is 9.13 Å². The molecule has 0 fully saturated rings. The molecule has 222 valence electrons. The van der Waals surface area contributed by atoms with Gasteiger partial charge in [-0.2, -0.15) is 10.5 Å². The smallest absolute Gasteiger partial charge is 0.0992 e. The first kappa shape index (κ1) is 27.4. The summed E-state index contributed by atoms with van der Waals surface area (Å²) in [6, 6.07) is 59.1. The van der Waals surface area contributed by atoms with Crippen molar-refractivity contribution in [2.24, 2.45) is 0 Å². The average molecular weight is 611 g/mol. The minimum absolute atomic E-state index is 0.626.